The van der Waals surface area contributed by atoms with Gasteiger partial charge in [0.1, 0.15) is 5.75 Å². The van der Waals surface area contributed by atoms with Crippen molar-refractivity contribution in [3.05, 3.63) is 28.8 Å². The Morgan fingerprint density at radius 2 is 2.00 bits per heavy atom. The third kappa shape index (κ3) is 4.68. The third-order valence-electron chi connectivity index (χ3n) is 3.49. The minimum atomic E-state index is 0.548. The summed E-state index contributed by atoms with van der Waals surface area (Å²) in [6, 6.07) is 6.30. The van der Waals surface area contributed by atoms with E-state index in [0.717, 1.165) is 42.3 Å². The fourth-order valence-corrected chi connectivity index (χ4v) is 2.65. The number of nitrogens with two attached hydrogens (primary N) is 1. The molecule has 1 aromatic carbocycles. The molecule has 0 aliphatic carbocycles. The first-order valence-electron chi connectivity index (χ1n) is 6.92. The Bertz CT molecular complexity index is 380. The topological polar surface area (TPSA) is 38.5 Å². The van der Waals surface area contributed by atoms with Crippen LogP contribution in [0.2, 0.25) is 5.02 Å². The van der Waals surface area contributed by atoms with E-state index in [0.29, 0.717) is 12.6 Å². The zero-order chi connectivity index (χ0) is 14.3. The summed E-state index contributed by atoms with van der Waals surface area (Å²) >= 11 is 6.08. The lowest BCUT2D eigenvalue weighted by Crippen LogP contribution is -2.37. The van der Waals surface area contributed by atoms with E-state index in [9.17, 15) is 0 Å². The Kier molecular flexibility index (Phi) is 7.21. The van der Waals surface area contributed by atoms with E-state index < -0.39 is 0 Å². The molecule has 0 aliphatic heterocycles. The molecule has 0 aliphatic rings. The molecule has 0 saturated heterocycles. The quantitative estimate of drug-likeness (QED) is 0.796. The van der Waals surface area contributed by atoms with Crippen LogP contribution >= 0.6 is 11.6 Å². The van der Waals surface area contributed by atoms with E-state index in [1.807, 2.05) is 18.2 Å². The molecule has 0 amide bonds. The zero-order valence-corrected chi connectivity index (χ0v) is 12.9. The van der Waals surface area contributed by atoms with Gasteiger partial charge in [0.2, 0.25) is 0 Å². The van der Waals surface area contributed by atoms with Gasteiger partial charge in [-0.3, -0.25) is 4.90 Å². The van der Waals surface area contributed by atoms with Gasteiger partial charge in [0.15, 0.2) is 0 Å². The van der Waals surface area contributed by atoms with Crippen LogP contribution in [-0.2, 0) is 6.54 Å². The van der Waals surface area contributed by atoms with E-state index in [1.165, 1.54) is 0 Å². The van der Waals surface area contributed by atoms with Crippen molar-refractivity contribution in [2.45, 2.75) is 39.3 Å². The van der Waals surface area contributed by atoms with Crippen molar-refractivity contribution < 1.29 is 4.74 Å². The highest BCUT2D eigenvalue weighted by Crippen LogP contribution is 2.25. The average Bonchev–Trinajstić information content (AvgIpc) is 2.40. The monoisotopic (exact) mass is 284 g/mol. The first-order valence-corrected chi connectivity index (χ1v) is 7.30. The maximum atomic E-state index is 6.08. The molecule has 0 heterocycles. The van der Waals surface area contributed by atoms with Crippen LogP contribution in [0.5, 0.6) is 5.75 Å². The maximum Gasteiger partial charge on any atom is 0.123 e. The summed E-state index contributed by atoms with van der Waals surface area (Å²) in [5, 5.41) is 0.744. The molecule has 108 valence electrons. The van der Waals surface area contributed by atoms with Crippen molar-refractivity contribution >= 4 is 11.6 Å². The Morgan fingerprint density at radius 1 is 1.32 bits per heavy atom. The van der Waals surface area contributed by atoms with Crippen molar-refractivity contribution in [3.8, 4) is 5.75 Å². The molecule has 0 aromatic heterocycles. The molecule has 0 radical (unpaired) electrons. The van der Waals surface area contributed by atoms with Gasteiger partial charge in [-0.2, -0.15) is 0 Å². The largest absolute Gasteiger partial charge is 0.496 e. The molecule has 19 heavy (non-hydrogen) atoms. The molecule has 0 bridgehead atoms. The van der Waals surface area contributed by atoms with Crippen molar-refractivity contribution in [1.82, 2.24) is 4.90 Å². The second-order valence-corrected chi connectivity index (χ2v) is 5.12. The molecular formula is C15H25ClN2O. The lowest BCUT2D eigenvalue weighted by molar-refractivity contribution is 0.180. The van der Waals surface area contributed by atoms with Crippen LogP contribution in [0.1, 0.15) is 32.3 Å². The standard InChI is InChI=1S/C15H25ClN2O/c1-4-14(5-2)18(9-8-17)11-12-10-13(16)6-7-15(12)19-3/h6-7,10,14H,4-5,8-9,11,17H2,1-3H3. The van der Waals surface area contributed by atoms with Gasteiger partial charge in [0, 0.05) is 36.3 Å². The van der Waals surface area contributed by atoms with Crippen LogP contribution in [0.3, 0.4) is 0 Å². The molecule has 4 heteroatoms. The van der Waals surface area contributed by atoms with Gasteiger partial charge in [-0.05, 0) is 31.0 Å². The van der Waals surface area contributed by atoms with Crippen LogP contribution in [-0.4, -0.2) is 31.1 Å². The van der Waals surface area contributed by atoms with Crippen LogP contribution < -0.4 is 10.5 Å². The SMILES string of the molecule is CCC(CC)N(CCN)Cc1cc(Cl)ccc1OC. The third-order valence-corrected chi connectivity index (χ3v) is 3.73. The van der Waals surface area contributed by atoms with Crippen LogP contribution in [0.15, 0.2) is 18.2 Å². The predicted octanol–water partition coefficient (Wildman–Crippen LogP) is 3.30. The normalized spacial score (nSPS) is 11.3. The first kappa shape index (κ1) is 16.3. The van der Waals surface area contributed by atoms with Crippen molar-refractivity contribution in [2.75, 3.05) is 20.2 Å². The summed E-state index contributed by atoms with van der Waals surface area (Å²) in [6.07, 6.45) is 2.25. The molecular weight excluding hydrogens is 260 g/mol. The van der Waals surface area contributed by atoms with E-state index in [2.05, 4.69) is 18.7 Å². The second kappa shape index (κ2) is 8.41. The molecule has 1 rings (SSSR count). The number of ether oxygens (including phenoxy) is 1. The Labute approximate surface area is 121 Å². The fraction of sp³-hybridized carbons (Fsp3) is 0.600. The van der Waals surface area contributed by atoms with Gasteiger partial charge in [-0.25, -0.2) is 0 Å². The smallest absolute Gasteiger partial charge is 0.123 e. The van der Waals surface area contributed by atoms with Gasteiger partial charge in [0.25, 0.3) is 0 Å². The summed E-state index contributed by atoms with van der Waals surface area (Å²) in [6.45, 7) is 6.81. The van der Waals surface area contributed by atoms with E-state index in [4.69, 9.17) is 22.1 Å². The number of benzene rings is 1. The molecule has 0 fully saturated rings. The summed E-state index contributed by atoms with van der Waals surface area (Å²) in [7, 11) is 1.69. The molecule has 0 atom stereocenters. The average molecular weight is 285 g/mol. The van der Waals surface area contributed by atoms with Gasteiger partial charge in [-0.1, -0.05) is 25.4 Å². The molecule has 0 unspecified atom stereocenters. The van der Waals surface area contributed by atoms with Gasteiger partial charge >= 0.3 is 0 Å². The van der Waals surface area contributed by atoms with Crippen molar-refractivity contribution in [2.24, 2.45) is 5.73 Å². The second-order valence-electron chi connectivity index (χ2n) is 4.69. The predicted molar refractivity (Wildman–Crippen MR) is 81.8 cm³/mol. The minimum Gasteiger partial charge on any atom is -0.496 e. The lowest BCUT2D eigenvalue weighted by atomic mass is 10.1. The Morgan fingerprint density at radius 3 is 2.53 bits per heavy atom. The van der Waals surface area contributed by atoms with E-state index in [-0.39, 0.29) is 0 Å². The fourth-order valence-electron chi connectivity index (χ4n) is 2.45. The molecule has 0 saturated carbocycles. The Balaban J connectivity index is 2.91. The number of nitrogens with zero attached hydrogens (tertiary/aromatic N) is 1. The van der Waals surface area contributed by atoms with Gasteiger partial charge in [0.05, 0.1) is 7.11 Å². The molecule has 1 aromatic rings. The van der Waals surface area contributed by atoms with Gasteiger partial charge in [-0.15, -0.1) is 0 Å². The Hall–Kier alpha value is -0.770. The summed E-state index contributed by atoms with van der Waals surface area (Å²) in [5.41, 5.74) is 6.85. The molecule has 2 N–H and O–H groups in total. The first-order chi connectivity index (χ1) is 9.15. The summed E-state index contributed by atoms with van der Waals surface area (Å²) in [4.78, 5) is 2.41. The van der Waals surface area contributed by atoms with Crippen molar-refractivity contribution in [3.63, 3.8) is 0 Å². The van der Waals surface area contributed by atoms with Gasteiger partial charge < -0.3 is 10.5 Å². The summed E-state index contributed by atoms with van der Waals surface area (Å²) in [5.74, 6) is 0.886. The molecule has 0 spiro atoms. The minimum absolute atomic E-state index is 0.548. The zero-order valence-electron chi connectivity index (χ0n) is 12.2. The maximum absolute atomic E-state index is 6.08. The van der Waals surface area contributed by atoms with Crippen molar-refractivity contribution in [1.29, 1.82) is 0 Å². The number of rotatable bonds is 8. The highest BCUT2D eigenvalue weighted by atomic mass is 35.5. The van der Waals surface area contributed by atoms with Crippen LogP contribution in [0.25, 0.3) is 0 Å². The highest BCUT2D eigenvalue weighted by molar-refractivity contribution is 6.30. The van der Waals surface area contributed by atoms with E-state index >= 15 is 0 Å². The summed E-state index contributed by atoms with van der Waals surface area (Å²) < 4.78 is 5.41. The van der Waals surface area contributed by atoms with Crippen LogP contribution in [0, 0.1) is 0 Å². The number of hydrogen-bond donors (Lipinski definition) is 1. The van der Waals surface area contributed by atoms with E-state index in [1.54, 1.807) is 7.11 Å². The number of halogens is 1. The lowest BCUT2D eigenvalue weighted by Gasteiger charge is -2.30. The highest BCUT2D eigenvalue weighted by Gasteiger charge is 2.16. The number of methoxy groups -OCH3 is 1. The number of hydrogen-bond acceptors (Lipinski definition) is 3. The van der Waals surface area contributed by atoms with Crippen LogP contribution in [0.4, 0.5) is 0 Å². The molecule has 3 nitrogen and oxygen atoms in total.